The van der Waals surface area contributed by atoms with E-state index in [0.717, 1.165) is 6.07 Å². The fraction of sp³-hybridized carbons (Fsp3) is 0.250. The van der Waals surface area contributed by atoms with E-state index in [4.69, 9.17) is 0 Å². The molecule has 0 nitrogen and oxygen atoms in total. The number of hydrogen-bond donors (Lipinski definition) is 0. The van der Waals surface area contributed by atoms with Gasteiger partial charge in [-0.05, 0) is 24.6 Å². The molecule has 0 unspecified atom stereocenters. The third kappa shape index (κ3) is 5.50. The van der Waals surface area contributed by atoms with Crippen molar-refractivity contribution in [2.45, 2.75) is 13.2 Å². The summed E-state index contributed by atoms with van der Waals surface area (Å²) in [5.41, 5.74) is 0.500. The minimum atomic E-state index is -4.88. The Morgan fingerprint density at radius 3 is 2.14 bits per heavy atom. The van der Waals surface area contributed by atoms with E-state index < -0.39 is 19.1 Å². The van der Waals surface area contributed by atoms with Gasteiger partial charge in [0.25, 0.3) is 0 Å². The molecule has 0 aliphatic rings. The summed E-state index contributed by atoms with van der Waals surface area (Å²) in [5, 5.41) is 0. The first-order chi connectivity index (χ1) is 5.87. The first kappa shape index (κ1) is 14.6. The second-order valence-electron chi connectivity index (χ2n) is 3.05. The van der Waals surface area contributed by atoms with Gasteiger partial charge in [-0.15, -0.1) is 0 Å². The average Bonchev–Trinajstić information content (AvgIpc) is 1.78. The zero-order valence-electron chi connectivity index (χ0n) is 8.03. The molecule has 0 radical (unpaired) electrons. The first-order valence-corrected chi connectivity index (χ1v) is 3.84. The predicted molar refractivity (Wildman–Crippen MR) is 43.9 cm³/mol. The number of benzene rings is 1. The standard InChI is InChI=1S/C8H8BF4.K/c1-6-2-7(4-8(10)3-6)5-9(11,12)13;/h2-4H,5H2,1H3;/q-1;+1. The smallest absolute Gasteiger partial charge is 0.449 e. The molecular formula is C8H8BF4K. The van der Waals surface area contributed by atoms with Crippen molar-refractivity contribution < 1.29 is 68.7 Å². The predicted octanol–water partition coefficient (Wildman–Crippen LogP) is 0.0672. The van der Waals surface area contributed by atoms with Crippen molar-refractivity contribution in [3.05, 3.63) is 35.1 Å². The number of aryl methyl sites for hydroxylation is 1. The Balaban J connectivity index is 0.00000169. The quantitative estimate of drug-likeness (QED) is 0.498. The normalized spacial score (nSPS) is 10.9. The third-order valence-corrected chi connectivity index (χ3v) is 1.57. The number of halogens is 4. The van der Waals surface area contributed by atoms with Gasteiger partial charge in [-0.2, -0.15) is 0 Å². The van der Waals surface area contributed by atoms with E-state index in [1.165, 1.54) is 12.1 Å². The van der Waals surface area contributed by atoms with Crippen LogP contribution in [0.1, 0.15) is 11.1 Å². The van der Waals surface area contributed by atoms with Gasteiger partial charge in [0.2, 0.25) is 0 Å². The molecule has 0 spiro atoms. The average molecular weight is 230 g/mol. The zero-order valence-corrected chi connectivity index (χ0v) is 11.2. The first-order valence-electron chi connectivity index (χ1n) is 3.84. The third-order valence-electron chi connectivity index (χ3n) is 1.57. The van der Waals surface area contributed by atoms with Gasteiger partial charge < -0.3 is 12.9 Å². The van der Waals surface area contributed by atoms with E-state index in [1.807, 2.05) is 0 Å². The van der Waals surface area contributed by atoms with Crippen LogP contribution in [0.15, 0.2) is 18.2 Å². The summed E-state index contributed by atoms with van der Waals surface area (Å²) in [5.74, 6) is -0.616. The fourth-order valence-electron chi connectivity index (χ4n) is 1.20. The summed E-state index contributed by atoms with van der Waals surface area (Å²) in [6.07, 6.45) is -1.02. The van der Waals surface area contributed by atoms with E-state index in [-0.39, 0.29) is 56.9 Å². The van der Waals surface area contributed by atoms with Crippen molar-refractivity contribution in [1.29, 1.82) is 0 Å². The molecule has 72 valence electrons. The van der Waals surface area contributed by atoms with Crippen LogP contribution in [0.2, 0.25) is 0 Å². The molecule has 0 saturated carbocycles. The van der Waals surface area contributed by atoms with Gasteiger partial charge in [0.1, 0.15) is 5.82 Å². The van der Waals surface area contributed by atoms with Crippen molar-refractivity contribution in [3.63, 3.8) is 0 Å². The van der Waals surface area contributed by atoms with Crippen molar-refractivity contribution in [3.8, 4) is 0 Å². The van der Waals surface area contributed by atoms with Crippen LogP contribution in [0.5, 0.6) is 0 Å². The minimum absolute atomic E-state index is 0. The molecule has 0 fully saturated rings. The maximum atomic E-state index is 12.6. The van der Waals surface area contributed by atoms with E-state index in [2.05, 4.69) is 0 Å². The largest absolute Gasteiger partial charge is 1.00 e. The molecule has 0 amide bonds. The Bertz CT molecular complexity index is 290. The van der Waals surface area contributed by atoms with Crippen LogP contribution in [-0.2, 0) is 6.32 Å². The summed E-state index contributed by atoms with van der Waals surface area (Å²) in [7, 11) is 0. The van der Waals surface area contributed by atoms with Gasteiger partial charge in [0.15, 0.2) is 0 Å². The van der Waals surface area contributed by atoms with Crippen LogP contribution >= 0.6 is 0 Å². The van der Waals surface area contributed by atoms with Gasteiger partial charge in [-0.25, -0.2) is 4.39 Å². The molecule has 0 atom stereocenters. The van der Waals surface area contributed by atoms with E-state index >= 15 is 0 Å². The van der Waals surface area contributed by atoms with Gasteiger partial charge in [-0.1, -0.05) is 17.9 Å². The molecule has 0 aromatic heterocycles. The van der Waals surface area contributed by atoms with Crippen LogP contribution in [0.25, 0.3) is 0 Å². The summed E-state index contributed by atoms with van der Waals surface area (Å²) in [6, 6.07) is 3.47. The summed E-state index contributed by atoms with van der Waals surface area (Å²) in [4.78, 5) is 0. The van der Waals surface area contributed by atoms with Crippen molar-refractivity contribution >= 4 is 6.98 Å². The molecule has 0 heterocycles. The second kappa shape index (κ2) is 5.65. The van der Waals surface area contributed by atoms with Crippen LogP contribution in [0.4, 0.5) is 17.3 Å². The van der Waals surface area contributed by atoms with Crippen LogP contribution in [0, 0.1) is 12.7 Å². The molecule has 6 heteroatoms. The fourth-order valence-corrected chi connectivity index (χ4v) is 1.20. The summed E-state index contributed by atoms with van der Waals surface area (Å²) < 4.78 is 48.5. The Hall–Kier alpha value is 0.641. The van der Waals surface area contributed by atoms with E-state index in [0.29, 0.717) is 5.56 Å². The molecule has 1 rings (SSSR count). The maximum Gasteiger partial charge on any atom is 1.00 e. The zero-order chi connectivity index (χ0) is 10.1. The van der Waals surface area contributed by atoms with Gasteiger partial charge in [0, 0.05) is 0 Å². The van der Waals surface area contributed by atoms with E-state index in [9.17, 15) is 17.3 Å². The molecule has 1 aromatic carbocycles. The topological polar surface area (TPSA) is 0 Å². The minimum Gasteiger partial charge on any atom is -0.449 e. The monoisotopic (exact) mass is 230 g/mol. The molecule has 0 bridgehead atoms. The Morgan fingerprint density at radius 2 is 1.71 bits per heavy atom. The second-order valence-corrected chi connectivity index (χ2v) is 3.05. The van der Waals surface area contributed by atoms with Crippen molar-refractivity contribution in [2.75, 3.05) is 0 Å². The SMILES string of the molecule is Cc1cc(F)cc(C[B-](F)(F)F)c1.[K+]. The van der Waals surface area contributed by atoms with Crippen LogP contribution in [-0.4, -0.2) is 6.98 Å². The number of rotatable bonds is 2. The van der Waals surface area contributed by atoms with Gasteiger partial charge in [0.05, 0.1) is 0 Å². The molecule has 0 N–H and O–H groups in total. The maximum absolute atomic E-state index is 12.6. The molecule has 1 aromatic rings. The Labute approximate surface area is 123 Å². The molecule has 14 heavy (non-hydrogen) atoms. The van der Waals surface area contributed by atoms with Crippen molar-refractivity contribution in [2.24, 2.45) is 0 Å². The van der Waals surface area contributed by atoms with Crippen LogP contribution in [0.3, 0.4) is 0 Å². The van der Waals surface area contributed by atoms with Gasteiger partial charge >= 0.3 is 58.4 Å². The molecule has 0 saturated heterocycles. The van der Waals surface area contributed by atoms with Crippen LogP contribution < -0.4 is 51.4 Å². The summed E-state index contributed by atoms with van der Waals surface area (Å²) >= 11 is 0. The number of hydrogen-bond acceptors (Lipinski definition) is 0. The van der Waals surface area contributed by atoms with Crippen molar-refractivity contribution in [1.82, 2.24) is 0 Å². The molecule has 0 aliphatic heterocycles. The van der Waals surface area contributed by atoms with E-state index in [1.54, 1.807) is 6.92 Å². The summed E-state index contributed by atoms with van der Waals surface area (Å²) in [6.45, 7) is -3.31. The van der Waals surface area contributed by atoms with Gasteiger partial charge in [-0.3, -0.25) is 0 Å². The Kier molecular flexibility index (Phi) is 5.91. The Morgan fingerprint density at radius 1 is 1.14 bits per heavy atom. The molecule has 0 aliphatic carbocycles. The molecular weight excluding hydrogens is 222 g/mol.